The van der Waals surface area contributed by atoms with Crippen LogP contribution in [0.15, 0.2) is 30.3 Å². The van der Waals surface area contributed by atoms with E-state index in [1.807, 2.05) is 77.0 Å². The summed E-state index contributed by atoms with van der Waals surface area (Å²) in [5, 5.41) is 20.2. The number of hydrogen-bond acceptors (Lipinski definition) is 9. The fraction of sp³-hybridized carbons (Fsp3) is 0.725. The molecular formula is C40H65N3O9. The maximum Gasteiger partial charge on any atom is 0.307 e. The van der Waals surface area contributed by atoms with Crippen LogP contribution >= 0.6 is 0 Å². The van der Waals surface area contributed by atoms with Gasteiger partial charge in [0.15, 0.2) is 5.78 Å². The standard InChI is InChI=1S/C40H65N3O9/c1-11-26(4)37(42(8)39(48)30(24-44)22-33(46)36(25(2)3)41(6)7)34(51-9)23-35(47)43-19-15-18-31(43)38(52-10)27(5)32(45)21-29(40(49)50)20-28-16-13-12-14-17-28/h12-14,16-17,25-27,29-31,34,36-38,44H,11,15,18-24H2,1-10H3,(H,49,50)/t26-,27-,29+,30-,31-,34+,36-,37-,38+/m0/s1. The highest BCUT2D eigenvalue weighted by molar-refractivity contribution is 5.90. The minimum Gasteiger partial charge on any atom is -0.481 e. The number of carbonyl (C=O) groups excluding carboxylic acids is 4. The third kappa shape index (κ3) is 11.9. The van der Waals surface area contributed by atoms with Crippen molar-refractivity contribution in [2.75, 3.05) is 48.5 Å². The predicted molar refractivity (Wildman–Crippen MR) is 200 cm³/mol. The molecule has 0 unspecified atom stereocenters. The van der Waals surface area contributed by atoms with Crippen molar-refractivity contribution in [2.24, 2.45) is 29.6 Å². The number of likely N-dealkylation sites (tertiary alicyclic amines) is 1. The Balaban J connectivity index is 2.24. The molecule has 1 heterocycles. The summed E-state index contributed by atoms with van der Waals surface area (Å²) in [6.45, 7) is 9.59. The van der Waals surface area contributed by atoms with Gasteiger partial charge in [0.2, 0.25) is 11.8 Å². The first kappa shape index (κ1) is 45.0. The van der Waals surface area contributed by atoms with Crippen LogP contribution in [0, 0.1) is 29.6 Å². The number of benzene rings is 1. The summed E-state index contributed by atoms with van der Waals surface area (Å²) in [4.78, 5) is 72.0. The Hall–Kier alpha value is -3.19. The Morgan fingerprint density at radius 2 is 1.52 bits per heavy atom. The van der Waals surface area contributed by atoms with E-state index in [1.165, 1.54) is 19.1 Å². The quantitative estimate of drug-likeness (QED) is 0.169. The highest BCUT2D eigenvalue weighted by Gasteiger charge is 2.43. The second kappa shape index (κ2) is 21.5. The van der Waals surface area contributed by atoms with Crippen molar-refractivity contribution >= 4 is 29.4 Å². The zero-order chi connectivity index (χ0) is 39.3. The molecular weight excluding hydrogens is 666 g/mol. The largest absolute Gasteiger partial charge is 0.481 e. The summed E-state index contributed by atoms with van der Waals surface area (Å²) in [7, 11) is 8.31. The number of likely N-dealkylation sites (N-methyl/N-ethyl adjacent to an activating group) is 2. The van der Waals surface area contributed by atoms with Crippen LogP contribution in [0.4, 0.5) is 0 Å². The van der Waals surface area contributed by atoms with Crippen molar-refractivity contribution in [3.8, 4) is 0 Å². The molecule has 1 aromatic rings. The number of hydrogen-bond donors (Lipinski definition) is 2. The monoisotopic (exact) mass is 731 g/mol. The predicted octanol–water partition coefficient (Wildman–Crippen LogP) is 3.96. The summed E-state index contributed by atoms with van der Waals surface area (Å²) in [5.74, 6) is -4.49. The summed E-state index contributed by atoms with van der Waals surface area (Å²) in [6, 6.07) is 7.90. The lowest BCUT2D eigenvalue weighted by molar-refractivity contribution is -0.149. The maximum atomic E-state index is 14.1. The summed E-state index contributed by atoms with van der Waals surface area (Å²) >= 11 is 0. The van der Waals surface area contributed by atoms with Crippen molar-refractivity contribution in [2.45, 2.75) is 110 Å². The molecule has 0 radical (unpaired) electrons. The fourth-order valence-corrected chi connectivity index (χ4v) is 8.05. The molecule has 0 spiro atoms. The third-order valence-corrected chi connectivity index (χ3v) is 11.0. The Kier molecular flexibility index (Phi) is 18.6. The van der Waals surface area contributed by atoms with Crippen LogP contribution in [0.2, 0.25) is 0 Å². The van der Waals surface area contributed by atoms with Crippen molar-refractivity contribution < 1.29 is 43.7 Å². The molecule has 52 heavy (non-hydrogen) atoms. The number of nitrogens with zero attached hydrogens (tertiary/aromatic N) is 3. The number of methoxy groups -OCH3 is 2. The minimum absolute atomic E-state index is 0.0287. The zero-order valence-corrected chi connectivity index (χ0v) is 33.1. The van der Waals surface area contributed by atoms with Crippen molar-refractivity contribution in [1.82, 2.24) is 14.7 Å². The lowest BCUT2D eigenvalue weighted by Crippen LogP contribution is -2.54. The smallest absolute Gasteiger partial charge is 0.307 e. The van der Waals surface area contributed by atoms with Crippen LogP contribution in [0.1, 0.15) is 78.7 Å². The maximum absolute atomic E-state index is 14.1. The van der Waals surface area contributed by atoms with E-state index in [0.29, 0.717) is 25.8 Å². The Morgan fingerprint density at radius 1 is 0.904 bits per heavy atom. The van der Waals surface area contributed by atoms with Crippen LogP contribution in [-0.4, -0.2) is 133 Å². The molecule has 1 fully saturated rings. The van der Waals surface area contributed by atoms with Crippen molar-refractivity contribution in [3.63, 3.8) is 0 Å². The van der Waals surface area contributed by atoms with E-state index < -0.39 is 60.7 Å². The molecule has 12 nitrogen and oxygen atoms in total. The van der Waals surface area contributed by atoms with Crippen LogP contribution in [0.25, 0.3) is 0 Å². The van der Waals surface area contributed by atoms with Gasteiger partial charge < -0.3 is 29.5 Å². The molecule has 12 heteroatoms. The van der Waals surface area contributed by atoms with E-state index >= 15 is 0 Å². The Bertz CT molecular complexity index is 1300. The van der Waals surface area contributed by atoms with Gasteiger partial charge in [-0.25, -0.2) is 0 Å². The number of aliphatic carboxylic acids is 1. The van der Waals surface area contributed by atoms with Crippen LogP contribution in [0.5, 0.6) is 0 Å². The first-order valence-corrected chi connectivity index (χ1v) is 18.7. The number of aliphatic hydroxyl groups excluding tert-OH is 1. The van der Waals surface area contributed by atoms with Gasteiger partial charge in [-0.2, -0.15) is 0 Å². The van der Waals surface area contributed by atoms with E-state index in [9.17, 15) is 34.2 Å². The topological polar surface area (TPSA) is 154 Å². The first-order valence-electron chi connectivity index (χ1n) is 18.7. The van der Waals surface area contributed by atoms with Gasteiger partial charge in [0.25, 0.3) is 0 Å². The number of Topliss-reactive ketones (excluding diaryl/α,β-unsaturated/α-hetero) is 2. The first-order chi connectivity index (χ1) is 24.5. The number of rotatable bonds is 23. The number of ether oxygens (including phenoxy) is 2. The van der Waals surface area contributed by atoms with Gasteiger partial charge in [0.05, 0.1) is 55.2 Å². The van der Waals surface area contributed by atoms with Crippen molar-refractivity contribution in [3.05, 3.63) is 35.9 Å². The second-order valence-corrected chi connectivity index (χ2v) is 15.2. The SMILES string of the molecule is CC[C@H](C)[C@@H]([C@@H](CC(=O)N1CCC[C@H]1[C@H](OC)[C@@H](C)C(=O)C[C@@H](Cc1ccccc1)C(=O)O)OC)N(C)C(=O)[C@H](CO)CC(=O)[C@H](C(C)C)N(C)C. The minimum atomic E-state index is -1.04. The number of carboxylic acid groups (broad SMARTS) is 1. The van der Waals surface area contributed by atoms with E-state index in [4.69, 9.17) is 9.47 Å². The van der Waals surface area contributed by atoms with Gasteiger partial charge in [-0.3, -0.25) is 28.9 Å². The van der Waals surface area contributed by atoms with Crippen LogP contribution in [0.3, 0.4) is 0 Å². The van der Waals surface area contributed by atoms with Crippen molar-refractivity contribution in [1.29, 1.82) is 0 Å². The number of aliphatic hydroxyl groups is 1. The van der Waals surface area contributed by atoms with E-state index in [1.54, 1.807) is 18.9 Å². The molecule has 1 saturated heterocycles. The molecule has 2 rings (SSSR count). The Morgan fingerprint density at radius 3 is 2.02 bits per heavy atom. The third-order valence-electron chi connectivity index (χ3n) is 11.0. The molecule has 2 N–H and O–H groups in total. The van der Waals surface area contributed by atoms with E-state index in [-0.39, 0.29) is 60.9 Å². The van der Waals surface area contributed by atoms with Gasteiger partial charge in [-0.05, 0) is 50.8 Å². The lowest BCUT2D eigenvalue weighted by Gasteiger charge is -2.40. The van der Waals surface area contributed by atoms with Gasteiger partial charge >= 0.3 is 5.97 Å². The molecule has 2 amide bonds. The van der Waals surface area contributed by atoms with Gasteiger partial charge in [0, 0.05) is 46.6 Å². The number of carbonyl (C=O) groups is 5. The molecule has 1 aliphatic rings. The molecule has 9 atom stereocenters. The van der Waals surface area contributed by atoms with Gasteiger partial charge in [0.1, 0.15) is 5.78 Å². The van der Waals surface area contributed by atoms with Crippen LogP contribution < -0.4 is 0 Å². The summed E-state index contributed by atoms with van der Waals surface area (Å²) < 4.78 is 11.8. The molecule has 0 saturated carbocycles. The molecule has 1 aromatic carbocycles. The average Bonchev–Trinajstić information content (AvgIpc) is 3.59. The number of carboxylic acids is 1. The molecule has 294 valence electrons. The fourth-order valence-electron chi connectivity index (χ4n) is 8.05. The van der Waals surface area contributed by atoms with Gasteiger partial charge in [-0.1, -0.05) is 71.4 Å². The molecule has 1 aliphatic heterocycles. The second-order valence-electron chi connectivity index (χ2n) is 15.2. The Labute approximate surface area is 311 Å². The number of ketones is 2. The normalized spacial score (nSPS) is 19.4. The average molecular weight is 732 g/mol. The van der Waals surface area contributed by atoms with E-state index in [0.717, 1.165) is 5.56 Å². The highest BCUT2D eigenvalue weighted by atomic mass is 16.5. The van der Waals surface area contributed by atoms with Crippen LogP contribution in [-0.2, 0) is 39.9 Å². The molecule has 0 aromatic heterocycles. The summed E-state index contributed by atoms with van der Waals surface area (Å²) in [6.07, 6.45) is 0.644. The number of amides is 2. The highest BCUT2D eigenvalue weighted by Crippen LogP contribution is 2.31. The molecule has 0 bridgehead atoms. The van der Waals surface area contributed by atoms with E-state index in [2.05, 4.69) is 0 Å². The lowest BCUT2D eigenvalue weighted by atomic mass is 9.85. The zero-order valence-electron chi connectivity index (χ0n) is 33.1. The van der Waals surface area contributed by atoms with Gasteiger partial charge in [-0.15, -0.1) is 0 Å². The summed E-state index contributed by atoms with van der Waals surface area (Å²) in [5.41, 5.74) is 0.839. The molecule has 0 aliphatic carbocycles.